The lowest BCUT2D eigenvalue weighted by Crippen LogP contribution is -2.22. The first-order valence-corrected chi connectivity index (χ1v) is 7.59. The molecule has 6 heteroatoms. The van der Waals surface area contributed by atoms with Crippen LogP contribution < -0.4 is 10.6 Å². The number of hydrogen-bond acceptors (Lipinski definition) is 5. The standard InChI is InChI=1S/C15H25N5O/c1-4-5-16-13-10-20-7-6-17-15(20)14(19-13)18-9-12(21)8-11(2)3/h6-7,10-12,16,21H,4-5,8-9H2,1-3H3,(H,18,19). The minimum absolute atomic E-state index is 0.380. The minimum Gasteiger partial charge on any atom is -0.391 e. The lowest BCUT2D eigenvalue weighted by Gasteiger charge is -2.15. The van der Waals surface area contributed by atoms with Crippen LogP contribution in [0, 0.1) is 5.92 Å². The molecule has 0 aromatic carbocycles. The first-order valence-electron chi connectivity index (χ1n) is 7.59. The maximum Gasteiger partial charge on any atom is 0.180 e. The molecule has 1 unspecified atom stereocenters. The number of rotatable bonds is 8. The van der Waals surface area contributed by atoms with Crippen LogP contribution in [0.4, 0.5) is 11.6 Å². The molecule has 6 nitrogen and oxygen atoms in total. The minimum atomic E-state index is -0.380. The zero-order valence-corrected chi connectivity index (χ0v) is 13.0. The van der Waals surface area contributed by atoms with Gasteiger partial charge in [0.15, 0.2) is 11.5 Å². The fourth-order valence-corrected chi connectivity index (χ4v) is 2.23. The van der Waals surface area contributed by atoms with Gasteiger partial charge in [0.05, 0.1) is 12.3 Å². The van der Waals surface area contributed by atoms with Gasteiger partial charge in [-0.2, -0.15) is 0 Å². The summed E-state index contributed by atoms with van der Waals surface area (Å²) < 4.78 is 1.93. The van der Waals surface area contributed by atoms with E-state index in [1.807, 2.05) is 16.8 Å². The summed E-state index contributed by atoms with van der Waals surface area (Å²) >= 11 is 0. The maximum absolute atomic E-state index is 9.98. The molecule has 0 spiro atoms. The van der Waals surface area contributed by atoms with Crippen molar-refractivity contribution < 1.29 is 5.11 Å². The number of aliphatic hydroxyl groups is 1. The zero-order valence-electron chi connectivity index (χ0n) is 13.0. The molecule has 21 heavy (non-hydrogen) atoms. The Bertz CT molecular complexity index is 566. The van der Waals surface area contributed by atoms with E-state index in [1.165, 1.54) is 0 Å². The molecule has 0 aliphatic heterocycles. The van der Waals surface area contributed by atoms with Gasteiger partial charge in [-0.25, -0.2) is 9.97 Å². The number of imidazole rings is 1. The third-order valence-corrected chi connectivity index (χ3v) is 3.18. The molecule has 3 N–H and O–H groups in total. The third kappa shape index (κ3) is 4.32. The molecule has 2 heterocycles. The second kappa shape index (κ2) is 7.26. The van der Waals surface area contributed by atoms with E-state index in [-0.39, 0.29) is 6.10 Å². The fourth-order valence-electron chi connectivity index (χ4n) is 2.23. The number of aromatic nitrogens is 3. The van der Waals surface area contributed by atoms with Gasteiger partial charge in [-0.1, -0.05) is 20.8 Å². The van der Waals surface area contributed by atoms with Crippen LogP contribution in [0.5, 0.6) is 0 Å². The summed E-state index contributed by atoms with van der Waals surface area (Å²) in [4.78, 5) is 8.85. The molecule has 2 aromatic rings. The number of aliphatic hydroxyl groups excluding tert-OH is 1. The molecule has 0 fully saturated rings. The third-order valence-electron chi connectivity index (χ3n) is 3.18. The Balaban J connectivity index is 2.11. The molecule has 116 valence electrons. The van der Waals surface area contributed by atoms with Crippen molar-refractivity contribution in [1.82, 2.24) is 14.4 Å². The Morgan fingerprint density at radius 1 is 1.33 bits per heavy atom. The highest BCUT2D eigenvalue weighted by Crippen LogP contribution is 2.17. The highest BCUT2D eigenvalue weighted by molar-refractivity contribution is 5.65. The van der Waals surface area contributed by atoms with Crippen LogP contribution in [-0.4, -0.2) is 38.7 Å². The van der Waals surface area contributed by atoms with Gasteiger partial charge in [0.25, 0.3) is 0 Å². The Morgan fingerprint density at radius 2 is 2.14 bits per heavy atom. The summed E-state index contributed by atoms with van der Waals surface area (Å²) in [7, 11) is 0. The quantitative estimate of drug-likeness (QED) is 0.696. The molecule has 1 atom stereocenters. The molecule has 0 saturated carbocycles. The van der Waals surface area contributed by atoms with E-state index in [2.05, 4.69) is 41.4 Å². The second-order valence-corrected chi connectivity index (χ2v) is 5.72. The second-order valence-electron chi connectivity index (χ2n) is 5.72. The van der Waals surface area contributed by atoms with Crippen LogP contribution in [0.1, 0.15) is 33.6 Å². The molecule has 0 saturated heterocycles. The van der Waals surface area contributed by atoms with Crippen LogP contribution in [0.25, 0.3) is 5.65 Å². The molecular formula is C15H25N5O. The predicted molar refractivity (Wildman–Crippen MR) is 85.7 cm³/mol. The monoisotopic (exact) mass is 291 g/mol. The summed E-state index contributed by atoms with van der Waals surface area (Å²) in [5, 5.41) is 16.5. The van der Waals surface area contributed by atoms with Crippen molar-refractivity contribution in [2.75, 3.05) is 23.7 Å². The topological polar surface area (TPSA) is 74.5 Å². The van der Waals surface area contributed by atoms with Crippen molar-refractivity contribution in [2.24, 2.45) is 5.92 Å². The summed E-state index contributed by atoms with van der Waals surface area (Å²) in [5.41, 5.74) is 0.772. The van der Waals surface area contributed by atoms with Crippen molar-refractivity contribution >= 4 is 17.3 Å². The normalized spacial score (nSPS) is 12.8. The van der Waals surface area contributed by atoms with Gasteiger partial charge < -0.3 is 20.1 Å². The van der Waals surface area contributed by atoms with Gasteiger partial charge >= 0.3 is 0 Å². The average Bonchev–Trinajstić information content (AvgIpc) is 2.90. The van der Waals surface area contributed by atoms with Gasteiger partial charge in [0, 0.05) is 25.5 Å². The zero-order chi connectivity index (χ0) is 15.2. The van der Waals surface area contributed by atoms with Gasteiger partial charge in [-0.15, -0.1) is 0 Å². The van der Waals surface area contributed by atoms with Crippen molar-refractivity contribution in [3.8, 4) is 0 Å². The summed E-state index contributed by atoms with van der Waals surface area (Å²) in [5.74, 6) is 1.98. The lowest BCUT2D eigenvalue weighted by atomic mass is 10.1. The van der Waals surface area contributed by atoms with E-state index < -0.39 is 0 Å². The molecule has 2 rings (SSSR count). The fraction of sp³-hybridized carbons (Fsp3) is 0.600. The van der Waals surface area contributed by atoms with Gasteiger partial charge in [0.1, 0.15) is 5.82 Å². The van der Waals surface area contributed by atoms with Gasteiger partial charge in [0.2, 0.25) is 0 Å². The summed E-state index contributed by atoms with van der Waals surface area (Å²) in [6.45, 7) is 7.67. The molecular weight excluding hydrogens is 266 g/mol. The Labute approximate surface area is 125 Å². The highest BCUT2D eigenvalue weighted by atomic mass is 16.3. The number of fused-ring (bicyclic) bond motifs is 1. The van der Waals surface area contributed by atoms with Crippen molar-refractivity contribution in [2.45, 2.75) is 39.7 Å². The Morgan fingerprint density at radius 3 is 2.86 bits per heavy atom. The lowest BCUT2D eigenvalue weighted by molar-refractivity contribution is 0.161. The van der Waals surface area contributed by atoms with Crippen LogP contribution in [0.3, 0.4) is 0 Å². The number of anilines is 2. The molecule has 0 aliphatic carbocycles. The predicted octanol–water partition coefficient (Wildman–Crippen LogP) is 2.37. The Hall–Kier alpha value is -1.82. The van der Waals surface area contributed by atoms with E-state index in [0.717, 1.165) is 30.9 Å². The van der Waals surface area contributed by atoms with Crippen LogP contribution in [0.2, 0.25) is 0 Å². The van der Waals surface area contributed by atoms with Crippen molar-refractivity contribution in [3.63, 3.8) is 0 Å². The molecule has 0 amide bonds. The number of hydrogen-bond donors (Lipinski definition) is 3. The van der Waals surface area contributed by atoms with Crippen molar-refractivity contribution in [1.29, 1.82) is 0 Å². The first-order chi connectivity index (χ1) is 10.1. The summed E-state index contributed by atoms with van der Waals surface area (Å²) in [6, 6.07) is 0. The van der Waals surface area contributed by atoms with Crippen LogP contribution in [0.15, 0.2) is 18.6 Å². The number of nitrogens with one attached hydrogen (secondary N) is 2. The van der Waals surface area contributed by atoms with E-state index in [1.54, 1.807) is 6.20 Å². The van der Waals surface area contributed by atoms with Crippen LogP contribution in [-0.2, 0) is 0 Å². The van der Waals surface area contributed by atoms with E-state index in [9.17, 15) is 5.11 Å². The van der Waals surface area contributed by atoms with Gasteiger partial charge in [-0.3, -0.25) is 0 Å². The van der Waals surface area contributed by atoms with E-state index in [0.29, 0.717) is 18.3 Å². The van der Waals surface area contributed by atoms with E-state index >= 15 is 0 Å². The molecule has 0 aliphatic rings. The molecule has 0 bridgehead atoms. The Kier molecular flexibility index (Phi) is 5.38. The number of nitrogens with zero attached hydrogens (tertiary/aromatic N) is 3. The first kappa shape index (κ1) is 15.6. The largest absolute Gasteiger partial charge is 0.391 e. The molecule has 2 aromatic heterocycles. The van der Waals surface area contributed by atoms with E-state index in [4.69, 9.17) is 0 Å². The van der Waals surface area contributed by atoms with Crippen molar-refractivity contribution in [3.05, 3.63) is 18.6 Å². The average molecular weight is 291 g/mol. The van der Waals surface area contributed by atoms with Crippen LogP contribution >= 0.6 is 0 Å². The maximum atomic E-state index is 9.98. The summed E-state index contributed by atoms with van der Waals surface area (Å²) in [6.07, 6.45) is 6.99. The molecule has 0 radical (unpaired) electrons. The van der Waals surface area contributed by atoms with Gasteiger partial charge in [-0.05, 0) is 18.8 Å². The smallest absolute Gasteiger partial charge is 0.180 e. The SMILES string of the molecule is CCCNc1cn2ccnc2c(NCC(O)CC(C)C)n1. The highest BCUT2D eigenvalue weighted by Gasteiger charge is 2.11.